The smallest absolute Gasteiger partial charge is 0.756 e. The standard InChI is InChI=1S/C25H44NO7P.Na/c1-2-3-4-5-6-7-8-9-10-11-12-13-14-15-16-17-18-19-25(29)26-20-21-32-34(30,31)33-23-24(28)22-27;/h6-7,9-10,12-13,15-16,24,27-28H,2-5,8,11,14,17-23H2,1H3,(H,26,29)(H,30,31);/q;+1/p-1/b7-6-,10-9-,13-12-,16-15-;/i22D2,23D2,24D;. The molecule has 0 heterocycles. The largest absolute Gasteiger partial charge is 1.00 e. The fourth-order valence-corrected chi connectivity index (χ4v) is 3.09. The van der Waals surface area contributed by atoms with Crippen LogP contribution in [0.15, 0.2) is 48.6 Å². The van der Waals surface area contributed by atoms with Crippen molar-refractivity contribution in [1.29, 1.82) is 0 Å². The Labute approximate surface area is 240 Å². The molecular weight excluding hydrogens is 480 g/mol. The van der Waals surface area contributed by atoms with Gasteiger partial charge in [0.25, 0.3) is 7.82 Å². The zero-order valence-corrected chi connectivity index (χ0v) is 23.9. The molecule has 2 atom stereocenters. The molecule has 0 aromatic rings. The first-order chi connectivity index (χ1) is 18.2. The van der Waals surface area contributed by atoms with E-state index in [4.69, 9.17) is 12.0 Å². The van der Waals surface area contributed by atoms with E-state index in [2.05, 4.69) is 57.7 Å². The Kier molecular flexibility index (Phi) is 20.8. The van der Waals surface area contributed by atoms with E-state index in [0.29, 0.717) is 12.8 Å². The number of carbonyl (C=O) groups is 1. The maximum Gasteiger partial charge on any atom is 1.00 e. The van der Waals surface area contributed by atoms with Crippen LogP contribution in [0.5, 0.6) is 0 Å². The van der Waals surface area contributed by atoms with Crippen molar-refractivity contribution in [3.8, 4) is 0 Å². The number of hydrogen-bond donors (Lipinski definition) is 3. The molecule has 1 amide bonds. The minimum absolute atomic E-state index is 0. The number of phosphoric ester groups is 1. The number of amides is 1. The van der Waals surface area contributed by atoms with Gasteiger partial charge in [-0.05, 0) is 44.9 Å². The monoisotopic (exact) mass is 528 g/mol. The van der Waals surface area contributed by atoms with Crippen LogP contribution >= 0.6 is 7.82 Å². The van der Waals surface area contributed by atoms with Crippen molar-refractivity contribution in [2.75, 3.05) is 26.3 Å². The number of hydrogen-bond acceptors (Lipinski definition) is 7. The van der Waals surface area contributed by atoms with Crippen LogP contribution in [0.3, 0.4) is 0 Å². The molecular formula is C25H43NNaO7P. The molecule has 196 valence electrons. The Morgan fingerprint density at radius 1 is 1.03 bits per heavy atom. The van der Waals surface area contributed by atoms with Gasteiger partial charge in [0, 0.05) is 13.0 Å². The van der Waals surface area contributed by atoms with Gasteiger partial charge >= 0.3 is 29.6 Å². The molecule has 0 aliphatic rings. The quantitative estimate of drug-likeness (QED) is 0.0831. The van der Waals surface area contributed by atoms with Gasteiger partial charge in [0.15, 0.2) is 0 Å². The number of aliphatic hydroxyl groups is 2. The van der Waals surface area contributed by atoms with Gasteiger partial charge in [0.1, 0.15) is 6.08 Å². The molecule has 0 aliphatic heterocycles. The molecule has 2 unspecified atom stereocenters. The van der Waals surface area contributed by atoms with Gasteiger partial charge in [-0.3, -0.25) is 9.36 Å². The molecule has 35 heavy (non-hydrogen) atoms. The van der Waals surface area contributed by atoms with Crippen LogP contribution in [0, 0.1) is 0 Å². The molecule has 3 N–H and O–H groups in total. The van der Waals surface area contributed by atoms with Crippen molar-refractivity contribution in [1.82, 2.24) is 5.32 Å². The van der Waals surface area contributed by atoms with Crippen molar-refractivity contribution in [2.24, 2.45) is 0 Å². The third kappa shape index (κ3) is 27.9. The van der Waals surface area contributed by atoms with Gasteiger partial charge in [-0.2, -0.15) is 0 Å². The summed E-state index contributed by atoms with van der Waals surface area (Å²) in [4.78, 5) is 23.5. The Morgan fingerprint density at radius 3 is 2.11 bits per heavy atom. The van der Waals surface area contributed by atoms with Crippen molar-refractivity contribution < 1.29 is 69.9 Å². The van der Waals surface area contributed by atoms with E-state index in [9.17, 15) is 19.4 Å². The summed E-state index contributed by atoms with van der Waals surface area (Å²) >= 11 is 0. The van der Waals surface area contributed by atoms with Crippen LogP contribution in [0.2, 0.25) is 0 Å². The maximum absolute atomic E-state index is 11.8. The normalized spacial score (nSPS) is 18.5. The average molecular weight is 529 g/mol. The summed E-state index contributed by atoms with van der Waals surface area (Å²) in [5, 5.41) is 21.0. The fourth-order valence-electron chi connectivity index (χ4n) is 2.53. The first-order valence-electron chi connectivity index (χ1n) is 14.1. The van der Waals surface area contributed by atoms with Crippen LogP contribution in [-0.4, -0.2) is 48.5 Å². The number of unbranched alkanes of at least 4 members (excludes halogenated alkanes) is 4. The van der Waals surface area contributed by atoms with Gasteiger partial charge in [0.05, 0.1) is 26.6 Å². The summed E-state index contributed by atoms with van der Waals surface area (Å²) in [5.74, 6) is -0.347. The summed E-state index contributed by atoms with van der Waals surface area (Å²) in [7, 11) is -5.45. The summed E-state index contributed by atoms with van der Waals surface area (Å²) in [6.07, 6.45) is 21.9. The van der Waals surface area contributed by atoms with Crippen LogP contribution in [-0.2, 0) is 18.4 Å². The SMILES string of the molecule is [2H]C([2H])(O)C([2H])(O)C([2H])([2H])OP(=O)([O-])OCCNC(=O)CCC/C=C\C/C=C\C/C=C\C/C=C\CCCCC.[Na+]. The molecule has 0 fully saturated rings. The number of nitrogens with one attached hydrogen (secondary N) is 1. The second-order valence-electron chi connectivity index (χ2n) is 7.26. The Morgan fingerprint density at radius 2 is 1.57 bits per heavy atom. The van der Waals surface area contributed by atoms with Crippen molar-refractivity contribution >= 4 is 13.7 Å². The van der Waals surface area contributed by atoms with E-state index in [1.54, 1.807) is 0 Å². The molecule has 0 aromatic heterocycles. The van der Waals surface area contributed by atoms with Crippen LogP contribution in [0.4, 0.5) is 0 Å². The van der Waals surface area contributed by atoms with E-state index >= 15 is 0 Å². The predicted molar refractivity (Wildman–Crippen MR) is 134 cm³/mol. The van der Waals surface area contributed by atoms with E-state index in [0.717, 1.165) is 25.7 Å². The van der Waals surface area contributed by atoms with Gasteiger partial charge in [-0.25, -0.2) is 0 Å². The first kappa shape index (κ1) is 27.5. The molecule has 0 saturated heterocycles. The zero-order chi connectivity index (χ0) is 29.8. The van der Waals surface area contributed by atoms with E-state index in [-0.39, 0.29) is 48.4 Å². The second kappa shape index (κ2) is 26.5. The Bertz CT molecular complexity index is 865. The molecule has 0 aromatic carbocycles. The Balaban J connectivity index is 0. The topological polar surface area (TPSA) is 128 Å². The van der Waals surface area contributed by atoms with E-state index in [1.165, 1.54) is 19.3 Å². The van der Waals surface area contributed by atoms with Gasteiger partial charge < -0.3 is 29.5 Å². The summed E-state index contributed by atoms with van der Waals surface area (Å²) in [6, 6.07) is 0. The first-order valence-corrected chi connectivity index (χ1v) is 13.1. The predicted octanol–water partition coefficient (Wildman–Crippen LogP) is 1.11. The molecule has 0 spiro atoms. The molecule has 0 radical (unpaired) electrons. The summed E-state index contributed by atoms with van der Waals surface area (Å²) in [6.45, 7) is -6.36. The van der Waals surface area contributed by atoms with Crippen molar-refractivity contribution in [2.45, 2.75) is 77.2 Å². The van der Waals surface area contributed by atoms with E-state index in [1.807, 2.05) is 12.2 Å². The van der Waals surface area contributed by atoms with Gasteiger partial charge in [-0.15, -0.1) is 0 Å². The number of carbonyl (C=O) groups excluding carboxylic acids is 1. The molecule has 0 bridgehead atoms. The second-order valence-corrected chi connectivity index (χ2v) is 8.60. The molecule has 0 rings (SSSR count). The van der Waals surface area contributed by atoms with Gasteiger partial charge in [0.2, 0.25) is 5.91 Å². The number of phosphoric acid groups is 1. The number of rotatable bonds is 22. The van der Waals surface area contributed by atoms with Crippen molar-refractivity contribution in [3.63, 3.8) is 0 Å². The van der Waals surface area contributed by atoms with Crippen LogP contribution < -0.4 is 39.8 Å². The third-order valence-electron chi connectivity index (χ3n) is 4.27. The number of allylic oxidation sites excluding steroid dienone is 8. The fraction of sp³-hybridized carbons (Fsp3) is 0.640. The zero-order valence-electron chi connectivity index (χ0n) is 26.0. The summed E-state index contributed by atoms with van der Waals surface area (Å²) in [5.41, 5.74) is 0. The molecule has 0 saturated carbocycles. The molecule has 10 heteroatoms. The average Bonchev–Trinajstić information content (AvgIpc) is 2.82. The van der Waals surface area contributed by atoms with Crippen LogP contribution in [0.1, 0.15) is 78.0 Å². The van der Waals surface area contributed by atoms with Crippen LogP contribution in [0.25, 0.3) is 0 Å². The Hall–Kier alpha value is -0.540. The summed E-state index contributed by atoms with van der Waals surface area (Å²) < 4.78 is 55.4. The van der Waals surface area contributed by atoms with Gasteiger partial charge in [-0.1, -0.05) is 68.4 Å². The maximum atomic E-state index is 11.8. The molecule has 0 aliphatic carbocycles. The third-order valence-corrected chi connectivity index (χ3v) is 5.08. The van der Waals surface area contributed by atoms with Crippen molar-refractivity contribution in [3.05, 3.63) is 48.6 Å². The minimum atomic E-state index is -5.45. The minimum Gasteiger partial charge on any atom is -0.756 e. The van der Waals surface area contributed by atoms with E-state index < -0.39 is 33.6 Å². The molecule has 8 nitrogen and oxygen atoms in total.